The number of alkyl halides is 1. The van der Waals surface area contributed by atoms with E-state index in [1.54, 1.807) is 22.3 Å². The predicted octanol–water partition coefficient (Wildman–Crippen LogP) is 1.19. The summed E-state index contributed by atoms with van der Waals surface area (Å²) in [5.74, 6) is 0.208. The van der Waals surface area contributed by atoms with Gasteiger partial charge in [0.25, 0.3) is 5.91 Å². The van der Waals surface area contributed by atoms with Crippen molar-refractivity contribution in [3.63, 3.8) is 0 Å². The number of rotatable bonds is 5. The van der Waals surface area contributed by atoms with Gasteiger partial charge in [-0.1, -0.05) is 0 Å². The van der Waals surface area contributed by atoms with Gasteiger partial charge in [0.05, 0.1) is 56.5 Å². The van der Waals surface area contributed by atoms with E-state index >= 15 is 0 Å². The van der Waals surface area contributed by atoms with Crippen LogP contribution in [0.3, 0.4) is 0 Å². The summed E-state index contributed by atoms with van der Waals surface area (Å²) in [6.07, 6.45) is 3.05. The monoisotopic (exact) mass is 481 g/mol. The molecule has 0 unspecified atom stereocenters. The third-order valence-electron chi connectivity index (χ3n) is 6.55. The molecule has 1 amide bonds. The standard InChI is InChI=1S/C23H24FN7O4/c1-25-20-5-16(14-7-30(18-10-34-8-15(18)24)21-12(14)3-2-4-26-21)28-22-13(6-27-31(20)22)23(33)29-17-9-35-11-19(17)32/h2-7,15,17-19,25,32H,8-11H2,1H3,(H,29,33)/t15-,17-,18+,19+/m0/s1. The molecule has 0 radical (unpaired) electrons. The molecule has 12 heteroatoms. The van der Waals surface area contributed by atoms with Gasteiger partial charge in [-0.2, -0.15) is 9.61 Å². The number of pyridine rings is 1. The molecule has 0 aliphatic carbocycles. The fourth-order valence-electron chi connectivity index (χ4n) is 4.68. The topological polar surface area (TPSA) is 128 Å². The van der Waals surface area contributed by atoms with E-state index in [2.05, 4.69) is 20.7 Å². The second-order valence-corrected chi connectivity index (χ2v) is 8.70. The van der Waals surface area contributed by atoms with Crippen LogP contribution < -0.4 is 10.6 Å². The highest BCUT2D eigenvalue weighted by atomic mass is 19.1. The summed E-state index contributed by atoms with van der Waals surface area (Å²) in [7, 11) is 1.75. The molecule has 3 N–H and O–H groups in total. The number of carbonyl (C=O) groups excluding carboxylic acids is 1. The number of aliphatic hydroxyl groups is 1. The summed E-state index contributed by atoms with van der Waals surface area (Å²) < 4.78 is 28.5. The van der Waals surface area contributed by atoms with Crippen molar-refractivity contribution in [3.8, 4) is 11.3 Å². The summed E-state index contributed by atoms with van der Waals surface area (Å²) in [6, 6.07) is 4.56. The van der Waals surface area contributed by atoms with Gasteiger partial charge < -0.3 is 29.8 Å². The van der Waals surface area contributed by atoms with E-state index in [0.717, 1.165) is 10.9 Å². The average Bonchev–Trinajstić information content (AvgIpc) is 3.65. The van der Waals surface area contributed by atoms with Crippen molar-refractivity contribution >= 4 is 28.4 Å². The number of nitrogens with one attached hydrogen (secondary N) is 2. The quantitative estimate of drug-likeness (QED) is 0.388. The van der Waals surface area contributed by atoms with Crippen LogP contribution in [0, 0.1) is 0 Å². The molecule has 6 heterocycles. The van der Waals surface area contributed by atoms with Crippen LogP contribution in [0.4, 0.5) is 10.2 Å². The lowest BCUT2D eigenvalue weighted by molar-refractivity contribution is 0.0888. The van der Waals surface area contributed by atoms with Gasteiger partial charge in [0.15, 0.2) is 5.65 Å². The lowest BCUT2D eigenvalue weighted by Gasteiger charge is -2.14. The summed E-state index contributed by atoms with van der Waals surface area (Å²) in [5.41, 5.74) is 2.56. The number of nitrogens with zero attached hydrogens (tertiary/aromatic N) is 5. The fourth-order valence-corrected chi connectivity index (χ4v) is 4.68. The fraction of sp³-hybridized carbons (Fsp3) is 0.391. The largest absolute Gasteiger partial charge is 0.388 e. The minimum Gasteiger partial charge on any atom is -0.388 e. The molecule has 11 nitrogen and oxygen atoms in total. The number of halogens is 1. The van der Waals surface area contributed by atoms with Gasteiger partial charge in [-0.25, -0.2) is 14.4 Å². The van der Waals surface area contributed by atoms with E-state index in [1.807, 2.05) is 24.4 Å². The molecule has 4 atom stereocenters. The van der Waals surface area contributed by atoms with Crippen LogP contribution in [0.25, 0.3) is 27.9 Å². The van der Waals surface area contributed by atoms with Gasteiger partial charge in [0.2, 0.25) is 0 Å². The Labute approximate surface area is 198 Å². The van der Waals surface area contributed by atoms with E-state index in [9.17, 15) is 14.3 Å². The number of anilines is 1. The minimum atomic E-state index is -1.14. The highest BCUT2D eigenvalue weighted by Crippen LogP contribution is 2.35. The van der Waals surface area contributed by atoms with E-state index in [-0.39, 0.29) is 32.0 Å². The number of ether oxygens (including phenoxy) is 2. The van der Waals surface area contributed by atoms with Crippen molar-refractivity contribution in [2.75, 3.05) is 38.8 Å². The van der Waals surface area contributed by atoms with E-state index in [0.29, 0.717) is 22.8 Å². The number of aromatic nitrogens is 5. The van der Waals surface area contributed by atoms with Crippen LogP contribution in [0.5, 0.6) is 0 Å². The first kappa shape index (κ1) is 21.9. The lowest BCUT2D eigenvalue weighted by atomic mass is 10.1. The maximum absolute atomic E-state index is 14.6. The SMILES string of the molecule is CNc1cc(-c2cn([C@@H]3COC[C@@H]3F)c3ncccc23)nc2c(C(=O)N[C@H]3COC[C@H]3O)cnn12. The highest BCUT2D eigenvalue weighted by Gasteiger charge is 2.32. The Bertz CT molecular complexity index is 1420. The molecular weight excluding hydrogens is 457 g/mol. The first-order valence-electron chi connectivity index (χ1n) is 11.4. The third-order valence-corrected chi connectivity index (χ3v) is 6.55. The number of aliphatic hydroxyl groups excluding tert-OH is 1. The molecule has 182 valence electrons. The molecule has 6 rings (SSSR count). The zero-order valence-electron chi connectivity index (χ0n) is 18.9. The number of amides is 1. The van der Waals surface area contributed by atoms with Gasteiger partial charge in [-0.05, 0) is 12.1 Å². The van der Waals surface area contributed by atoms with Crippen LogP contribution in [-0.2, 0) is 9.47 Å². The zero-order chi connectivity index (χ0) is 24.1. The molecule has 0 saturated carbocycles. The van der Waals surface area contributed by atoms with Crippen LogP contribution in [0.1, 0.15) is 16.4 Å². The van der Waals surface area contributed by atoms with E-state index < -0.39 is 30.3 Å². The number of fused-ring (bicyclic) bond motifs is 2. The van der Waals surface area contributed by atoms with Crippen LogP contribution in [-0.4, -0.2) is 87.0 Å². The lowest BCUT2D eigenvalue weighted by Crippen LogP contribution is -2.42. The van der Waals surface area contributed by atoms with Gasteiger partial charge in [-0.3, -0.25) is 4.79 Å². The number of hydrogen-bond acceptors (Lipinski definition) is 8. The molecule has 0 aromatic carbocycles. The smallest absolute Gasteiger partial charge is 0.257 e. The van der Waals surface area contributed by atoms with Crippen molar-refractivity contribution in [1.29, 1.82) is 0 Å². The van der Waals surface area contributed by atoms with Crippen molar-refractivity contribution < 1.29 is 23.8 Å². The molecular formula is C23H24FN7O4. The first-order chi connectivity index (χ1) is 17.0. The number of carbonyl (C=O) groups is 1. The van der Waals surface area contributed by atoms with Crippen LogP contribution in [0.15, 0.2) is 36.8 Å². The number of hydrogen-bond donors (Lipinski definition) is 3. The van der Waals surface area contributed by atoms with Crippen LogP contribution in [0.2, 0.25) is 0 Å². The molecule has 4 aromatic heterocycles. The Kier molecular flexibility index (Phi) is 5.35. The summed E-state index contributed by atoms with van der Waals surface area (Å²) >= 11 is 0. The minimum absolute atomic E-state index is 0.0512. The Morgan fingerprint density at radius 1 is 1.23 bits per heavy atom. The molecule has 2 saturated heterocycles. The van der Waals surface area contributed by atoms with Gasteiger partial charge in [-0.15, -0.1) is 0 Å². The maximum Gasteiger partial charge on any atom is 0.257 e. The maximum atomic E-state index is 14.6. The zero-order valence-corrected chi connectivity index (χ0v) is 18.9. The Balaban J connectivity index is 1.47. The molecule has 2 aliphatic rings. The Hall–Kier alpha value is -3.61. The Morgan fingerprint density at radius 3 is 2.83 bits per heavy atom. The second kappa shape index (κ2) is 8.56. The predicted molar refractivity (Wildman–Crippen MR) is 124 cm³/mol. The first-order valence-corrected chi connectivity index (χ1v) is 11.4. The van der Waals surface area contributed by atoms with Crippen LogP contribution >= 0.6 is 0 Å². The molecule has 0 bridgehead atoms. The normalized spacial score (nSPS) is 24.4. The molecule has 0 spiro atoms. The van der Waals surface area contributed by atoms with Gasteiger partial charge >= 0.3 is 0 Å². The summed E-state index contributed by atoms with van der Waals surface area (Å²) in [5, 5.41) is 21.0. The average molecular weight is 481 g/mol. The van der Waals surface area contributed by atoms with Gasteiger partial charge in [0, 0.05) is 36.5 Å². The van der Waals surface area contributed by atoms with Crippen molar-refractivity contribution in [2.45, 2.75) is 24.4 Å². The molecule has 4 aromatic rings. The molecule has 2 fully saturated rings. The second-order valence-electron chi connectivity index (χ2n) is 8.70. The van der Waals surface area contributed by atoms with Crippen molar-refractivity contribution in [1.82, 2.24) is 29.5 Å². The van der Waals surface area contributed by atoms with Crippen molar-refractivity contribution in [2.24, 2.45) is 0 Å². The highest BCUT2D eigenvalue weighted by molar-refractivity contribution is 6.01. The Morgan fingerprint density at radius 2 is 2.09 bits per heavy atom. The third kappa shape index (κ3) is 3.61. The molecule has 2 aliphatic heterocycles. The van der Waals surface area contributed by atoms with E-state index in [4.69, 9.17) is 14.5 Å². The van der Waals surface area contributed by atoms with E-state index in [1.165, 1.54) is 6.20 Å². The van der Waals surface area contributed by atoms with Crippen molar-refractivity contribution in [3.05, 3.63) is 42.4 Å². The van der Waals surface area contributed by atoms with Gasteiger partial charge in [0.1, 0.15) is 23.2 Å². The summed E-state index contributed by atoms with van der Waals surface area (Å²) in [4.78, 5) is 22.3. The summed E-state index contributed by atoms with van der Waals surface area (Å²) in [6.45, 7) is 0.726. The molecule has 35 heavy (non-hydrogen) atoms.